The summed E-state index contributed by atoms with van der Waals surface area (Å²) < 4.78 is 11.5. The van der Waals surface area contributed by atoms with Gasteiger partial charge in [-0.05, 0) is 59.9 Å². The number of ether oxygens (including phenoxy) is 2. The first-order valence-corrected chi connectivity index (χ1v) is 6.80. The number of hydrogen-bond donors (Lipinski definition) is 1. The van der Waals surface area contributed by atoms with Gasteiger partial charge < -0.3 is 14.8 Å². The van der Waals surface area contributed by atoms with Crippen LogP contribution in [0, 0.1) is 0 Å². The van der Waals surface area contributed by atoms with Gasteiger partial charge in [-0.2, -0.15) is 0 Å². The van der Waals surface area contributed by atoms with Gasteiger partial charge in [-0.25, -0.2) is 0 Å². The molecule has 2 unspecified atom stereocenters. The summed E-state index contributed by atoms with van der Waals surface area (Å²) in [6.45, 7) is 7.43. The Morgan fingerprint density at radius 2 is 2.12 bits per heavy atom. The van der Waals surface area contributed by atoms with Crippen LogP contribution in [-0.4, -0.2) is 38.0 Å². The van der Waals surface area contributed by atoms with Gasteiger partial charge in [0, 0.05) is 19.8 Å². The van der Waals surface area contributed by atoms with Crippen molar-refractivity contribution in [3.63, 3.8) is 0 Å². The van der Waals surface area contributed by atoms with E-state index in [1.165, 1.54) is 12.8 Å². The lowest BCUT2D eigenvalue weighted by molar-refractivity contribution is -0.0930. The zero-order valence-corrected chi connectivity index (χ0v) is 12.1. The third kappa shape index (κ3) is 4.23. The predicted molar refractivity (Wildman–Crippen MR) is 71.4 cm³/mol. The molecule has 3 nitrogen and oxygen atoms in total. The second-order valence-electron chi connectivity index (χ2n) is 5.96. The maximum Gasteiger partial charge on any atom is 0.0806 e. The molecule has 0 bridgehead atoms. The van der Waals surface area contributed by atoms with Crippen molar-refractivity contribution < 1.29 is 9.47 Å². The van der Waals surface area contributed by atoms with Crippen LogP contribution in [0.2, 0.25) is 0 Å². The molecular formula is C14H29NO2. The van der Waals surface area contributed by atoms with Crippen molar-refractivity contribution in [2.24, 2.45) is 0 Å². The van der Waals surface area contributed by atoms with E-state index in [2.05, 4.69) is 26.1 Å². The van der Waals surface area contributed by atoms with E-state index in [-0.39, 0.29) is 11.2 Å². The zero-order chi connectivity index (χ0) is 12.9. The van der Waals surface area contributed by atoms with Gasteiger partial charge in [-0.3, -0.25) is 0 Å². The summed E-state index contributed by atoms with van der Waals surface area (Å²) in [7, 11) is 3.82. The first-order chi connectivity index (χ1) is 7.93. The fourth-order valence-corrected chi connectivity index (χ4v) is 2.58. The molecule has 1 aliphatic rings. The highest BCUT2D eigenvalue weighted by Crippen LogP contribution is 2.31. The van der Waals surface area contributed by atoms with Crippen molar-refractivity contribution in [3.05, 3.63) is 0 Å². The molecule has 0 saturated carbocycles. The van der Waals surface area contributed by atoms with Crippen LogP contribution in [0.4, 0.5) is 0 Å². The lowest BCUT2D eigenvalue weighted by Crippen LogP contribution is -2.51. The SMILES string of the molecule is CNC(CCC(C)(C)OC)C1(C)CCCCO1. The molecule has 17 heavy (non-hydrogen) atoms. The van der Waals surface area contributed by atoms with Crippen LogP contribution in [0.1, 0.15) is 52.9 Å². The zero-order valence-electron chi connectivity index (χ0n) is 12.1. The molecule has 0 radical (unpaired) electrons. The topological polar surface area (TPSA) is 30.5 Å². The highest BCUT2D eigenvalue weighted by molar-refractivity contribution is 4.91. The minimum atomic E-state index is -0.0415. The molecule has 0 aromatic carbocycles. The molecule has 3 heteroatoms. The van der Waals surface area contributed by atoms with E-state index in [0.717, 1.165) is 25.9 Å². The summed E-state index contributed by atoms with van der Waals surface area (Å²) >= 11 is 0. The number of methoxy groups -OCH3 is 1. The van der Waals surface area contributed by atoms with Crippen LogP contribution in [0.5, 0.6) is 0 Å². The normalized spacial score (nSPS) is 28.1. The predicted octanol–water partition coefficient (Wildman–Crippen LogP) is 2.74. The average molecular weight is 243 g/mol. The minimum absolute atomic E-state index is 0.00315. The monoisotopic (exact) mass is 243 g/mol. The Kier molecular flexibility index (Phi) is 5.42. The molecule has 1 aliphatic heterocycles. The third-order valence-electron chi connectivity index (χ3n) is 4.17. The van der Waals surface area contributed by atoms with Crippen LogP contribution in [0.3, 0.4) is 0 Å². The second kappa shape index (κ2) is 6.17. The van der Waals surface area contributed by atoms with Crippen molar-refractivity contribution >= 4 is 0 Å². The number of nitrogens with one attached hydrogen (secondary N) is 1. The Hall–Kier alpha value is -0.120. The molecule has 2 atom stereocenters. The molecule has 1 saturated heterocycles. The van der Waals surface area contributed by atoms with E-state index in [4.69, 9.17) is 9.47 Å². The summed E-state index contributed by atoms with van der Waals surface area (Å²) in [5.74, 6) is 0. The number of hydrogen-bond acceptors (Lipinski definition) is 3. The summed E-state index contributed by atoms with van der Waals surface area (Å²) in [4.78, 5) is 0. The molecule has 0 amide bonds. The molecule has 0 aromatic heterocycles. The fraction of sp³-hybridized carbons (Fsp3) is 1.00. The van der Waals surface area contributed by atoms with Gasteiger partial charge >= 0.3 is 0 Å². The molecule has 1 N–H and O–H groups in total. The largest absolute Gasteiger partial charge is 0.379 e. The smallest absolute Gasteiger partial charge is 0.0806 e. The van der Waals surface area contributed by atoms with Crippen LogP contribution >= 0.6 is 0 Å². The van der Waals surface area contributed by atoms with Crippen molar-refractivity contribution in [3.8, 4) is 0 Å². The second-order valence-corrected chi connectivity index (χ2v) is 5.96. The Labute approximate surface area is 106 Å². The molecule has 102 valence electrons. The molecule has 0 aliphatic carbocycles. The van der Waals surface area contributed by atoms with Crippen LogP contribution < -0.4 is 5.32 Å². The van der Waals surface area contributed by atoms with E-state index in [0.29, 0.717) is 6.04 Å². The van der Waals surface area contributed by atoms with Crippen molar-refractivity contribution in [1.29, 1.82) is 0 Å². The molecule has 0 spiro atoms. The minimum Gasteiger partial charge on any atom is -0.379 e. The Morgan fingerprint density at radius 1 is 1.41 bits per heavy atom. The van der Waals surface area contributed by atoms with Gasteiger partial charge in [0.25, 0.3) is 0 Å². The average Bonchev–Trinajstić information content (AvgIpc) is 2.30. The van der Waals surface area contributed by atoms with E-state index < -0.39 is 0 Å². The van der Waals surface area contributed by atoms with Gasteiger partial charge in [0.1, 0.15) is 0 Å². The standard InChI is InChI=1S/C14H29NO2/c1-13(2,16-5)10-8-12(15-4)14(3)9-6-7-11-17-14/h12,15H,6-11H2,1-5H3. The summed E-state index contributed by atoms with van der Waals surface area (Å²) in [6.07, 6.45) is 5.78. The number of likely N-dealkylation sites (N-methyl/N-ethyl adjacent to an activating group) is 1. The highest BCUT2D eigenvalue weighted by atomic mass is 16.5. The van der Waals surface area contributed by atoms with E-state index >= 15 is 0 Å². The van der Waals surface area contributed by atoms with Gasteiger partial charge in [-0.1, -0.05) is 0 Å². The Balaban J connectivity index is 2.52. The van der Waals surface area contributed by atoms with E-state index in [1.54, 1.807) is 7.11 Å². The van der Waals surface area contributed by atoms with Crippen molar-refractivity contribution in [1.82, 2.24) is 5.32 Å². The molecule has 1 rings (SSSR count). The molecular weight excluding hydrogens is 214 g/mol. The van der Waals surface area contributed by atoms with Crippen LogP contribution in [0.15, 0.2) is 0 Å². The van der Waals surface area contributed by atoms with Gasteiger partial charge in [-0.15, -0.1) is 0 Å². The first-order valence-electron chi connectivity index (χ1n) is 6.80. The summed E-state index contributed by atoms with van der Waals surface area (Å²) in [6, 6.07) is 0.414. The first kappa shape index (κ1) is 14.9. The van der Waals surface area contributed by atoms with Crippen LogP contribution in [-0.2, 0) is 9.47 Å². The van der Waals surface area contributed by atoms with Gasteiger partial charge in [0.15, 0.2) is 0 Å². The summed E-state index contributed by atoms with van der Waals surface area (Å²) in [5, 5.41) is 3.43. The summed E-state index contributed by atoms with van der Waals surface area (Å²) in [5.41, 5.74) is -0.0447. The third-order valence-corrected chi connectivity index (χ3v) is 4.17. The fourth-order valence-electron chi connectivity index (χ4n) is 2.58. The van der Waals surface area contributed by atoms with Gasteiger partial charge in [0.2, 0.25) is 0 Å². The van der Waals surface area contributed by atoms with Crippen molar-refractivity contribution in [2.75, 3.05) is 20.8 Å². The molecule has 0 aromatic rings. The van der Waals surface area contributed by atoms with Crippen LogP contribution in [0.25, 0.3) is 0 Å². The maximum absolute atomic E-state index is 6.01. The maximum atomic E-state index is 6.01. The number of rotatable bonds is 6. The Morgan fingerprint density at radius 3 is 2.59 bits per heavy atom. The van der Waals surface area contributed by atoms with Gasteiger partial charge in [0.05, 0.1) is 11.2 Å². The van der Waals surface area contributed by atoms with E-state index in [1.807, 2.05) is 7.05 Å². The molecule has 1 heterocycles. The lowest BCUT2D eigenvalue weighted by atomic mass is 9.84. The highest BCUT2D eigenvalue weighted by Gasteiger charge is 2.36. The van der Waals surface area contributed by atoms with E-state index in [9.17, 15) is 0 Å². The molecule has 1 fully saturated rings. The Bertz CT molecular complexity index is 222. The lowest BCUT2D eigenvalue weighted by Gasteiger charge is -2.41. The quantitative estimate of drug-likeness (QED) is 0.778. The van der Waals surface area contributed by atoms with Crippen molar-refractivity contribution in [2.45, 2.75) is 70.1 Å².